The van der Waals surface area contributed by atoms with Crippen LogP contribution in [0.1, 0.15) is 31.7 Å². The highest BCUT2D eigenvalue weighted by Crippen LogP contribution is 2.47. The van der Waals surface area contributed by atoms with E-state index in [1.54, 1.807) is 30.0 Å². The maximum Gasteiger partial charge on any atom is 0.263 e. The van der Waals surface area contributed by atoms with Gasteiger partial charge in [-0.3, -0.25) is 4.79 Å². The molecule has 0 fully saturated rings. The number of allylic oxidation sites excluding steroid dienone is 2. The largest absolute Gasteiger partial charge is 0.335 e. The average molecular weight is 653 g/mol. The quantitative estimate of drug-likeness (QED) is 0.0383. The van der Waals surface area contributed by atoms with E-state index in [1.807, 2.05) is 6.07 Å². The predicted molar refractivity (Wildman–Crippen MR) is 185 cm³/mol. The highest BCUT2D eigenvalue weighted by atomic mass is 32.2. The lowest BCUT2D eigenvalue weighted by molar-refractivity contribution is -0.870. The number of amides is 1. The molecule has 0 unspecified atom stereocenters. The molecule has 1 aliphatic heterocycles. The summed E-state index contributed by atoms with van der Waals surface area (Å²) in [5.74, 6) is 0.610. The zero-order valence-corrected chi connectivity index (χ0v) is 28.3. The Bertz CT molecular complexity index is 1710. The summed E-state index contributed by atoms with van der Waals surface area (Å²) in [4.78, 5) is 15.3. The lowest BCUT2D eigenvalue weighted by Crippen LogP contribution is -2.37. The highest BCUT2D eigenvalue weighted by molar-refractivity contribution is 8.03. The van der Waals surface area contributed by atoms with E-state index in [9.17, 15) is 4.79 Å². The Labute approximate surface area is 271 Å². The molecule has 0 bridgehead atoms. The number of rotatable bonds is 13. The molecule has 1 aromatic heterocycles. The van der Waals surface area contributed by atoms with Crippen LogP contribution in [0.15, 0.2) is 76.2 Å². The van der Waals surface area contributed by atoms with Crippen molar-refractivity contribution in [2.75, 3.05) is 50.2 Å². The van der Waals surface area contributed by atoms with Crippen molar-refractivity contribution in [1.82, 2.24) is 0 Å². The van der Waals surface area contributed by atoms with Crippen molar-refractivity contribution in [2.45, 2.75) is 38.1 Å². The Morgan fingerprint density at radius 3 is 2.70 bits per heavy atom. The number of benzene rings is 3. The van der Waals surface area contributed by atoms with Gasteiger partial charge in [0.25, 0.3) is 5.01 Å². The molecular weight excluding hydrogens is 613 g/mol. The van der Waals surface area contributed by atoms with Gasteiger partial charge in [0.2, 0.25) is 11.4 Å². The van der Waals surface area contributed by atoms with Crippen LogP contribution < -0.4 is 14.8 Å². The Kier molecular flexibility index (Phi) is 10.7. The van der Waals surface area contributed by atoms with E-state index in [1.165, 1.54) is 35.9 Å². The van der Waals surface area contributed by atoms with Gasteiger partial charge in [-0.2, -0.15) is 4.57 Å². The lowest BCUT2D eigenvalue weighted by atomic mass is 10.1. The van der Waals surface area contributed by atoms with Gasteiger partial charge in [0.05, 0.1) is 43.8 Å². The van der Waals surface area contributed by atoms with Crippen molar-refractivity contribution in [3.8, 4) is 0 Å². The minimum atomic E-state index is -0.0704. The Morgan fingerprint density at radius 2 is 1.93 bits per heavy atom. The van der Waals surface area contributed by atoms with E-state index in [4.69, 9.17) is 5.26 Å². The van der Waals surface area contributed by atoms with Gasteiger partial charge in [0.15, 0.2) is 6.54 Å². The zero-order chi connectivity index (χ0) is 31.3. The van der Waals surface area contributed by atoms with Gasteiger partial charge in [-0.15, -0.1) is 4.33 Å². The third-order valence-corrected chi connectivity index (χ3v) is 10.1. The van der Waals surface area contributed by atoms with E-state index >= 15 is 0 Å². The number of hydrogen-bond acceptors (Lipinski definition) is 8. The third-order valence-electron chi connectivity index (χ3n) is 7.27. The van der Waals surface area contributed by atoms with Gasteiger partial charge >= 0.3 is 0 Å². The van der Waals surface area contributed by atoms with Gasteiger partial charge in [0.1, 0.15) is 4.70 Å². The average Bonchev–Trinajstić information content (AvgIpc) is 3.49. The minimum Gasteiger partial charge on any atom is -0.335 e. The third kappa shape index (κ3) is 8.02. The number of anilines is 2. The summed E-state index contributed by atoms with van der Waals surface area (Å²) >= 11 is 4.67. The van der Waals surface area contributed by atoms with E-state index < -0.39 is 0 Å². The first-order valence-electron chi connectivity index (χ1n) is 14.6. The van der Waals surface area contributed by atoms with Crippen LogP contribution in [0.4, 0.5) is 11.4 Å². The molecule has 8 nitrogen and oxygen atoms in total. The molecule has 2 heterocycles. The molecule has 5 rings (SSSR count). The van der Waals surface area contributed by atoms with Crippen LogP contribution in [0.25, 0.3) is 27.1 Å². The predicted octanol–water partition coefficient (Wildman–Crippen LogP) is 7.71. The number of thioether (sulfide) groups is 1. The van der Waals surface area contributed by atoms with Crippen LogP contribution in [-0.4, -0.2) is 55.6 Å². The smallest absolute Gasteiger partial charge is 0.263 e. The maximum absolute atomic E-state index is 11.8. The topological polar surface area (TPSA) is 74.9 Å². The second kappa shape index (κ2) is 14.5. The van der Waals surface area contributed by atoms with Gasteiger partial charge in [-0.05, 0) is 54.3 Å². The van der Waals surface area contributed by atoms with E-state index in [0.717, 1.165) is 65.9 Å². The summed E-state index contributed by atoms with van der Waals surface area (Å²) in [6, 6.07) is 19.1. The molecule has 0 atom stereocenters. The number of nitrogens with zero attached hydrogens (tertiary/aromatic N) is 3. The SMILES string of the molecule is CC(=O)Nc1ccc2c(c1)N(CCC[N+](C)(C)C)C(=CC(C)=Cc1sc3ccc4ccccc4c3[n+]1CCCSOOO)S2. The Balaban J connectivity index is 1.49. The van der Waals surface area contributed by atoms with E-state index in [2.05, 4.69) is 113 Å². The second-order valence-corrected chi connectivity index (χ2v) is 14.8. The summed E-state index contributed by atoms with van der Waals surface area (Å²) in [6.45, 7) is 6.46. The van der Waals surface area contributed by atoms with Gasteiger partial charge in [0, 0.05) is 60.8 Å². The molecule has 0 saturated carbocycles. The van der Waals surface area contributed by atoms with Crippen molar-refractivity contribution < 1.29 is 28.5 Å². The summed E-state index contributed by atoms with van der Waals surface area (Å²) in [7, 11) is 6.67. The fraction of sp³-hybridized carbons (Fsp3) is 0.333. The fourth-order valence-electron chi connectivity index (χ4n) is 5.39. The first-order valence-corrected chi connectivity index (χ1v) is 17.2. The van der Waals surface area contributed by atoms with Crippen LogP contribution in [-0.2, 0) is 20.7 Å². The Hall–Kier alpha value is -2.90. The molecule has 2 N–H and O–H groups in total. The molecule has 44 heavy (non-hydrogen) atoms. The summed E-state index contributed by atoms with van der Waals surface area (Å²) in [5, 5.41) is 20.0. The van der Waals surface area contributed by atoms with Crippen LogP contribution in [0, 0.1) is 0 Å². The molecule has 1 amide bonds. The van der Waals surface area contributed by atoms with Gasteiger partial charge in [-0.25, -0.2) is 5.26 Å². The maximum atomic E-state index is 11.8. The monoisotopic (exact) mass is 652 g/mol. The van der Waals surface area contributed by atoms with Crippen molar-refractivity contribution in [2.24, 2.45) is 0 Å². The number of hydrogen-bond donors (Lipinski definition) is 2. The van der Waals surface area contributed by atoms with Crippen molar-refractivity contribution in [3.63, 3.8) is 0 Å². The highest BCUT2D eigenvalue weighted by Gasteiger charge is 2.27. The fourth-order valence-corrected chi connectivity index (χ4v) is 8.15. The number of aromatic nitrogens is 1. The molecule has 0 saturated heterocycles. The van der Waals surface area contributed by atoms with Crippen molar-refractivity contribution in [3.05, 3.63) is 76.3 Å². The molecule has 0 aliphatic carbocycles. The van der Waals surface area contributed by atoms with E-state index in [0.29, 0.717) is 5.75 Å². The van der Waals surface area contributed by atoms with Crippen molar-refractivity contribution >= 4 is 79.5 Å². The van der Waals surface area contributed by atoms with Gasteiger partial charge in [-0.1, -0.05) is 52.4 Å². The number of fused-ring (bicyclic) bond motifs is 4. The number of thiazole rings is 1. The number of carbonyl (C=O) groups excluding carboxylic acids is 1. The molecule has 1 aliphatic rings. The molecule has 4 aromatic rings. The van der Waals surface area contributed by atoms with Crippen molar-refractivity contribution in [1.29, 1.82) is 0 Å². The van der Waals surface area contributed by atoms with Crippen LogP contribution in [0.2, 0.25) is 0 Å². The minimum absolute atomic E-state index is 0.0704. The molecule has 0 radical (unpaired) electrons. The van der Waals surface area contributed by atoms with Crippen LogP contribution in [0.3, 0.4) is 0 Å². The zero-order valence-electron chi connectivity index (χ0n) is 25.8. The molecule has 0 spiro atoms. The lowest BCUT2D eigenvalue weighted by Gasteiger charge is -2.26. The number of quaternary nitrogens is 1. The first kappa shape index (κ1) is 32.5. The number of nitrogens with one attached hydrogen (secondary N) is 1. The molecular formula is C33H40N4O4S3+2. The van der Waals surface area contributed by atoms with E-state index in [-0.39, 0.29) is 5.91 Å². The summed E-state index contributed by atoms with van der Waals surface area (Å²) in [6.07, 6.45) is 6.45. The number of aryl methyl sites for hydroxylation is 1. The Morgan fingerprint density at radius 1 is 1.11 bits per heavy atom. The molecule has 232 valence electrons. The van der Waals surface area contributed by atoms with Crippen LogP contribution in [0.5, 0.6) is 0 Å². The second-order valence-electron chi connectivity index (χ2n) is 11.9. The van der Waals surface area contributed by atoms with Gasteiger partial charge < -0.3 is 14.7 Å². The molecule has 11 heteroatoms. The first-order chi connectivity index (χ1) is 21.1. The summed E-state index contributed by atoms with van der Waals surface area (Å²) < 4.78 is 9.17. The normalized spacial score (nSPS) is 14.6. The summed E-state index contributed by atoms with van der Waals surface area (Å²) in [5.41, 5.74) is 4.35. The standard InChI is InChI=1S/C33H38N4O4S3/c1-23(20-31-35(16-8-18-37(3,4)5)28-22-26(34-24(2)38)13-15-29(28)43-31)21-32-36(17-9-19-42-41-40-39)33-27-11-7-6-10-25(27)12-14-30(33)44-32/h6-7,10-15,20-22H,8-9,16-19H2,1-5H3/p+2. The number of carbonyl (C=O) groups is 1. The van der Waals surface area contributed by atoms with Crippen LogP contribution >= 0.6 is 35.1 Å². The molecule has 3 aromatic carbocycles.